The maximum Gasteiger partial charge on any atom is 0.246 e. The Morgan fingerprint density at radius 1 is 1.33 bits per heavy atom. The van der Waals surface area contributed by atoms with Crippen molar-refractivity contribution in [2.45, 2.75) is 50.7 Å². The van der Waals surface area contributed by atoms with Crippen LogP contribution < -0.4 is 0 Å². The van der Waals surface area contributed by atoms with E-state index in [9.17, 15) is 4.79 Å². The fraction of sp³-hybridized carbons (Fsp3) is 0.824. The predicted octanol–water partition coefficient (Wildman–Crippen LogP) is 2.05. The topological polar surface area (TPSA) is 32.8 Å². The van der Waals surface area contributed by atoms with Crippen molar-refractivity contribution >= 4 is 5.91 Å². The molecule has 2 saturated carbocycles. The Labute approximate surface area is 128 Å². The zero-order valence-corrected chi connectivity index (χ0v) is 13.4. The molecular weight excluding hydrogens is 264 g/mol. The van der Waals surface area contributed by atoms with Crippen LogP contribution in [0.4, 0.5) is 0 Å². The molecule has 0 aromatic heterocycles. The first kappa shape index (κ1) is 15.0. The third-order valence-corrected chi connectivity index (χ3v) is 5.95. The summed E-state index contributed by atoms with van der Waals surface area (Å²) in [6, 6.07) is 0.375. The Balaban J connectivity index is 1.51. The standard InChI is InChI=1S/C17H28N2O2/c1-18(14-13-15(21-2)17(14)8-6-9-17)16(20)7-5-12-19-10-3-4-11-19/h5,7,14-15H,3-4,6,8-13H2,1-2H3/b7-5+. The largest absolute Gasteiger partial charge is 0.381 e. The average molecular weight is 292 g/mol. The van der Waals surface area contributed by atoms with Crippen LogP contribution in [-0.4, -0.2) is 61.6 Å². The number of carbonyl (C=O) groups is 1. The summed E-state index contributed by atoms with van der Waals surface area (Å²) in [5.41, 5.74) is 0.266. The number of likely N-dealkylation sites (N-methyl/N-ethyl adjacent to an activating group) is 1. The van der Waals surface area contributed by atoms with Gasteiger partial charge in [-0.3, -0.25) is 9.69 Å². The average Bonchev–Trinajstić information content (AvgIpc) is 2.89. The van der Waals surface area contributed by atoms with Crippen LogP contribution in [0.2, 0.25) is 0 Å². The van der Waals surface area contributed by atoms with Gasteiger partial charge in [0, 0.05) is 38.2 Å². The first-order valence-corrected chi connectivity index (χ1v) is 8.36. The quantitative estimate of drug-likeness (QED) is 0.727. The molecule has 2 aliphatic carbocycles. The second kappa shape index (κ2) is 6.09. The third-order valence-electron chi connectivity index (χ3n) is 5.95. The minimum Gasteiger partial charge on any atom is -0.381 e. The van der Waals surface area contributed by atoms with Gasteiger partial charge in [0.25, 0.3) is 0 Å². The van der Waals surface area contributed by atoms with E-state index >= 15 is 0 Å². The second-order valence-corrected chi connectivity index (χ2v) is 6.92. The summed E-state index contributed by atoms with van der Waals surface area (Å²) in [4.78, 5) is 16.7. The summed E-state index contributed by atoms with van der Waals surface area (Å²) in [6.07, 6.45) is 11.5. The van der Waals surface area contributed by atoms with Crippen LogP contribution in [0.5, 0.6) is 0 Å². The zero-order chi connectivity index (χ0) is 14.9. The molecular formula is C17H28N2O2. The van der Waals surface area contributed by atoms with Gasteiger partial charge in [-0.1, -0.05) is 12.5 Å². The molecule has 21 heavy (non-hydrogen) atoms. The lowest BCUT2D eigenvalue weighted by atomic mass is 9.50. The summed E-state index contributed by atoms with van der Waals surface area (Å²) in [7, 11) is 3.76. The molecule has 0 radical (unpaired) electrons. The lowest BCUT2D eigenvalue weighted by Gasteiger charge is -2.62. The van der Waals surface area contributed by atoms with Crippen LogP contribution in [0.25, 0.3) is 0 Å². The number of rotatable bonds is 5. The van der Waals surface area contributed by atoms with Crippen molar-refractivity contribution in [3.8, 4) is 0 Å². The highest BCUT2D eigenvalue weighted by molar-refractivity contribution is 5.87. The minimum atomic E-state index is 0.153. The summed E-state index contributed by atoms with van der Waals surface area (Å²) in [6.45, 7) is 3.27. The Bertz CT molecular complexity index is 411. The van der Waals surface area contributed by atoms with E-state index in [1.807, 2.05) is 18.0 Å². The van der Waals surface area contributed by atoms with E-state index in [2.05, 4.69) is 4.90 Å². The van der Waals surface area contributed by atoms with Crippen LogP contribution in [0.3, 0.4) is 0 Å². The molecule has 3 aliphatic rings. The molecule has 0 aromatic carbocycles. The van der Waals surface area contributed by atoms with Gasteiger partial charge in [0.05, 0.1) is 6.10 Å². The maximum absolute atomic E-state index is 12.4. The summed E-state index contributed by atoms with van der Waals surface area (Å²) in [5, 5.41) is 0. The van der Waals surface area contributed by atoms with Crippen LogP contribution in [0.1, 0.15) is 38.5 Å². The molecule has 0 aromatic rings. The van der Waals surface area contributed by atoms with Crippen molar-refractivity contribution in [2.24, 2.45) is 5.41 Å². The first-order chi connectivity index (χ1) is 10.2. The van der Waals surface area contributed by atoms with E-state index in [1.54, 1.807) is 13.2 Å². The number of likely N-dealkylation sites (tertiary alicyclic amines) is 1. The van der Waals surface area contributed by atoms with E-state index in [0.717, 1.165) is 13.0 Å². The van der Waals surface area contributed by atoms with Gasteiger partial charge in [0.2, 0.25) is 5.91 Å². The maximum atomic E-state index is 12.4. The van der Waals surface area contributed by atoms with E-state index in [-0.39, 0.29) is 11.3 Å². The van der Waals surface area contributed by atoms with Crippen molar-refractivity contribution in [3.63, 3.8) is 0 Å². The number of amides is 1. The number of hydrogen-bond acceptors (Lipinski definition) is 3. The minimum absolute atomic E-state index is 0.153. The number of ether oxygens (including phenoxy) is 1. The molecule has 4 nitrogen and oxygen atoms in total. The van der Waals surface area contributed by atoms with Crippen LogP contribution >= 0.6 is 0 Å². The highest BCUT2D eigenvalue weighted by atomic mass is 16.5. The molecule has 1 heterocycles. The smallest absolute Gasteiger partial charge is 0.246 e. The number of nitrogens with zero attached hydrogens (tertiary/aromatic N) is 2. The van der Waals surface area contributed by atoms with Gasteiger partial charge in [-0.15, -0.1) is 0 Å². The zero-order valence-electron chi connectivity index (χ0n) is 13.4. The molecule has 1 saturated heterocycles. The van der Waals surface area contributed by atoms with Crippen LogP contribution in [0, 0.1) is 5.41 Å². The summed E-state index contributed by atoms with van der Waals surface area (Å²) < 4.78 is 5.59. The number of carbonyl (C=O) groups excluding carboxylic acids is 1. The van der Waals surface area contributed by atoms with Crippen molar-refractivity contribution < 1.29 is 9.53 Å². The van der Waals surface area contributed by atoms with Crippen molar-refractivity contribution in [1.82, 2.24) is 9.80 Å². The van der Waals surface area contributed by atoms with Crippen LogP contribution in [0.15, 0.2) is 12.2 Å². The van der Waals surface area contributed by atoms with E-state index in [0.29, 0.717) is 12.1 Å². The summed E-state index contributed by atoms with van der Waals surface area (Å²) in [5.74, 6) is 0.153. The van der Waals surface area contributed by atoms with Crippen molar-refractivity contribution in [3.05, 3.63) is 12.2 Å². The summed E-state index contributed by atoms with van der Waals surface area (Å²) >= 11 is 0. The Morgan fingerprint density at radius 3 is 2.62 bits per heavy atom. The van der Waals surface area contributed by atoms with Gasteiger partial charge in [-0.25, -0.2) is 0 Å². The van der Waals surface area contributed by atoms with E-state index in [4.69, 9.17) is 4.74 Å². The number of methoxy groups -OCH3 is 1. The monoisotopic (exact) mass is 292 g/mol. The van der Waals surface area contributed by atoms with Crippen molar-refractivity contribution in [2.75, 3.05) is 33.8 Å². The molecule has 2 atom stereocenters. The van der Waals surface area contributed by atoms with Gasteiger partial charge in [0.1, 0.15) is 0 Å². The van der Waals surface area contributed by atoms with Gasteiger partial charge in [0.15, 0.2) is 0 Å². The van der Waals surface area contributed by atoms with E-state index in [1.165, 1.54) is 45.2 Å². The second-order valence-electron chi connectivity index (χ2n) is 6.92. The molecule has 1 aliphatic heterocycles. The van der Waals surface area contributed by atoms with E-state index < -0.39 is 0 Å². The fourth-order valence-corrected chi connectivity index (χ4v) is 4.38. The Hall–Kier alpha value is -0.870. The molecule has 3 rings (SSSR count). The molecule has 1 spiro atoms. The molecule has 2 unspecified atom stereocenters. The van der Waals surface area contributed by atoms with Gasteiger partial charge in [-0.05, 0) is 45.2 Å². The SMILES string of the molecule is COC1CC(N(C)C(=O)/C=C/CN2CCCC2)C12CCC2. The predicted molar refractivity (Wildman–Crippen MR) is 83.1 cm³/mol. The molecule has 0 bridgehead atoms. The highest BCUT2D eigenvalue weighted by Gasteiger charge is 2.60. The fourth-order valence-electron chi connectivity index (χ4n) is 4.38. The van der Waals surface area contributed by atoms with Gasteiger partial charge in [-0.2, -0.15) is 0 Å². The van der Waals surface area contributed by atoms with Gasteiger partial charge < -0.3 is 9.64 Å². The highest BCUT2D eigenvalue weighted by Crippen LogP contribution is 2.58. The van der Waals surface area contributed by atoms with Crippen LogP contribution in [-0.2, 0) is 9.53 Å². The Morgan fingerprint density at radius 2 is 2.05 bits per heavy atom. The van der Waals surface area contributed by atoms with Gasteiger partial charge >= 0.3 is 0 Å². The molecule has 4 heteroatoms. The van der Waals surface area contributed by atoms with Crippen molar-refractivity contribution in [1.29, 1.82) is 0 Å². The Kier molecular flexibility index (Phi) is 4.36. The first-order valence-electron chi connectivity index (χ1n) is 8.36. The molecule has 1 amide bonds. The lowest BCUT2D eigenvalue weighted by Crippen LogP contribution is -2.67. The molecule has 0 N–H and O–H groups in total. The molecule has 118 valence electrons. The molecule has 3 fully saturated rings. The normalized spacial score (nSPS) is 31.3. The number of hydrogen-bond donors (Lipinski definition) is 0. The lowest BCUT2D eigenvalue weighted by molar-refractivity contribution is -0.193. The third kappa shape index (κ3) is 2.64.